The molecular formula is C31H39N3O6S. The van der Waals surface area contributed by atoms with Crippen molar-refractivity contribution < 1.29 is 26.9 Å². The molecule has 9 nitrogen and oxygen atoms in total. The number of carbonyl (C=O) groups is 1. The Morgan fingerprint density at radius 2 is 1.90 bits per heavy atom. The Bertz CT molecular complexity index is 1620. The number of fused-ring (bicyclic) bond motifs is 2. The molecule has 3 heterocycles. The van der Waals surface area contributed by atoms with E-state index in [0.717, 1.165) is 57.4 Å². The van der Waals surface area contributed by atoms with Gasteiger partial charge in [0.05, 0.1) is 35.9 Å². The summed E-state index contributed by atoms with van der Waals surface area (Å²) in [5, 5.41) is 8.54. The van der Waals surface area contributed by atoms with Crippen molar-refractivity contribution in [1.29, 1.82) is 0 Å². The minimum atomic E-state index is -3.88. The van der Waals surface area contributed by atoms with Gasteiger partial charge in [-0.3, -0.25) is 9.28 Å². The fraction of sp³-hybridized carbons (Fsp3) is 0.419. The van der Waals surface area contributed by atoms with Crippen molar-refractivity contribution in [3.05, 3.63) is 70.7 Å². The number of hydrogen-bond donors (Lipinski definition) is 1. The molecule has 4 aromatic rings. The maximum Gasteiger partial charge on any atom is 0.355 e. The molecule has 0 amide bonds. The van der Waals surface area contributed by atoms with E-state index in [1.54, 1.807) is 31.2 Å². The second kappa shape index (κ2) is 13.0. The van der Waals surface area contributed by atoms with E-state index in [1.165, 1.54) is 0 Å². The number of ether oxygens (including phenoxy) is 2. The number of carbonyl (C=O) groups excluding carboxylic acids is 1. The molecule has 1 N–H and O–H groups in total. The van der Waals surface area contributed by atoms with Crippen LogP contribution in [0, 0.1) is 13.8 Å². The summed E-state index contributed by atoms with van der Waals surface area (Å²) in [6.07, 6.45) is 2.52. The molecule has 0 radical (unpaired) electrons. The molecule has 2 aromatic heterocycles. The van der Waals surface area contributed by atoms with Crippen molar-refractivity contribution in [2.24, 2.45) is 0 Å². The number of aromatic amines is 1. The molecule has 0 fully saturated rings. The SMILES string of the molecule is C.CCOC(=O)c1c(CCCOS(=O)(=O)c2ccc(C)cc2)c2cccc3c2n1CCCCOCc1n[nH]c(C)c1-3. The summed E-state index contributed by atoms with van der Waals surface area (Å²) in [6, 6.07) is 12.6. The van der Waals surface area contributed by atoms with E-state index >= 15 is 0 Å². The summed E-state index contributed by atoms with van der Waals surface area (Å²) in [6.45, 7) is 7.54. The lowest BCUT2D eigenvalue weighted by Crippen LogP contribution is -2.15. The molecule has 0 saturated heterocycles. The van der Waals surface area contributed by atoms with Crippen molar-refractivity contribution in [2.45, 2.75) is 71.9 Å². The van der Waals surface area contributed by atoms with E-state index in [0.29, 0.717) is 38.3 Å². The summed E-state index contributed by atoms with van der Waals surface area (Å²) >= 11 is 0. The summed E-state index contributed by atoms with van der Waals surface area (Å²) in [7, 11) is -3.88. The second-order valence-corrected chi connectivity index (χ2v) is 11.6. The van der Waals surface area contributed by atoms with Crippen LogP contribution >= 0.6 is 0 Å². The average Bonchev–Trinajstić information content (AvgIpc) is 3.45. The number of rotatable bonds is 8. The summed E-state index contributed by atoms with van der Waals surface area (Å²) < 4.78 is 44.3. The molecule has 0 spiro atoms. The smallest absolute Gasteiger partial charge is 0.355 e. The molecule has 1 aliphatic rings. The van der Waals surface area contributed by atoms with Gasteiger partial charge in [0, 0.05) is 35.4 Å². The first kappa shape index (κ1) is 30.5. The van der Waals surface area contributed by atoms with E-state index in [4.69, 9.17) is 13.7 Å². The Balaban J connectivity index is 0.00000387. The third-order valence-corrected chi connectivity index (χ3v) is 8.55. The highest BCUT2D eigenvalue weighted by Crippen LogP contribution is 2.38. The molecular weight excluding hydrogens is 542 g/mol. The number of esters is 1. The molecule has 10 heteroatoms. The number of hydrogen-bond acceptors (Lipinski definition) is 7. The van der Waals surface area contributed by atoms with Crippen LogP contribution in [-0.4, -0.2) is 49.0 Å². The molecule has 220 valence electrons. The molecule has 0 atom stereocenters. The molecule has 5 rings (SSSR count). The largest absolute Gasteiger partial charge is 0.461 e. The van der Waals surface area contributed by atoms with Crippen molar-refractivity contribution in [1.82, 2.24) is 14.8 Å². The standard InChI is InChI=1S/C30H35N3O6S.CH4/c1-4-38-30(34)29-24(11-8-18-39-40(35,36)22-14-12-20(2)13-15-22)23-9-7-10-25-27-21(3)31-32-26(27)19-37-17-6-5-16-33(29)28(23)25;/h7,9-10,12-15H,4-6,8,11,16-19H2,1-3H3,(H,31,32);1H4. The Kier molecular flexibility index (Phi) is 9.68. The van der Waals surface area contributed by atoms with Crippen LogP contribution in [0.3, 0.4) is 0 Å². The fourth-order valence-electron chi connectivity index (χ4n) is 5.37. The minimum Gasteiger partial charge on any atom is -0.461 e. The van der Waals surface area contributed by atoms with Crippen molar-refractivity contribution in [3.63, 3.8) is 0 Å². The topological polar surface area (TPSA) is 113 Å². The molecule has 0 saturated carbocycles. The number of benzene rings is 2. The van der Waals surface area contributed by atoms with Gasteiger partial charge in [0.25, 0.3) is 10.1 Å². The van der Waals surface area contributed by atoms with Gasteiger partial charge < -0.3 is 14.0 Å². The second-order valence-electron chi connectivity index (χ2n) is 10.0. The van der Waals surface area contributed by atoms with E-state index in [1.807, 2.05) is 32.0 Å². The van der Waals surface area contributed by atoms with Gasteiger partial charge in [-0.1, -0.05) is 43.3 Å². The van der Waals surface area contributed by atoms with Gasteiger partial charge in [0.1, 0.15) is 5.69 Å². The van der Waals surface area contributed by atoms with Gasteiger partial charge in [-0.2, -0.15) is 13.5 Å². The predicted octanol–water partition coefficient (Wildman–Crippen LogP) is 6.11. The number of aryl methyl sites for hydroxylation is 4. The van der Waals surface area contributed by atoms with E-state index in [-0.39, 0.29) is 31.5 Å². The Morgan fingerprint density at radius 3 is 2.66 bits per heavy atom. The van der Waals surface area contributed by atoms with Crippen LogP contribution in [0.4, 0.5) is 0 Å². The van der Waals surface area contributed by atoms with Gasteiger partial charge >= 0.3 is 5.97 Å². The van der Waals surface area contributed by atoms with Gasteiger partial charge in [0.15, 0.2) is 0 Å². The first-order valence-corrected chi connectivity index (χ1v) is 15.1. The lowest BCUT2D eigenvalue weighted by molar-refractivity contribution is 0.0512. The molecule has 0 aliphatic carbocycles. The lowest BCUT2D eigenvalue weighted by atomic mass is 9.98. The number of nitrogens with zero attached hydrogens (tertiary/aromatic N) is 2. The Labute approximate surface area is 241 Å². The Hall–Kier alpha value is -3.47. The van der Waals surface area contributed by atoms with Gasteiger partial charge in [-0.05, 0) is 64.2 Å². The molecule has 0 unspecified atom stereocenters. The third kappa shape index (κ3) is 6.24. The van der Waals surface area contributed by atoms with Crippen LogP contribution < -0.4 is 0 Å². The summed E-state index contributed by atoms with van der Waals surface area (Å²) in [5.41, 5.74) is 6.95. The van der Waals surface area contributed by atoms with E-state index in [2.05, 4.69) is 14.8 Å². The Morgan fingerprint density at radius 1 is 1.12 bits per heavy atom. The fourth-order valence-corrected chi connectivity index (χ4v) is 6.31. The van der Waals surface area contributed by atoms with Crippen LogP contribution in [0.15, 0.2) is 47.4 Å². The van der Waals surface area contributed by atoms with Crippen molar-refractivity contribution in [2.75, 3.05) is 19.8 Å². The third-order valence-electron chi connectivity index (χ3n) is 7.23. The number of para-hydroxylation sites is 1. The van der Waals surface area contributed by atoms with Gasteiger partial charge in [0.2, 0.25) is 0 Å². The maximum atomic E-state index is 13.4. The monoisotopic (exact) mass is 581 g/mol. The summed E-state index contributed by atoms with van der Waals surface area (Å²) in [4.78, 5) is 13.6. The number of H-pyrrole nitrogens is 1. The maximum absolute atomic E-state index is 13.4. The van der Waals surface area contributed by atoms with Crippen molar-refractivity contribution >= 4 is 27.0 Å². The molecule has 41 heavy (non-hydrogen) atoms. The average molecular weight is 582 g/mol. The normalized spacial score (nSPS) is 13.7. The van der Waals surface area contributed by atoms with Crippen LogP contribution in [0.1, 0.15) is 66.6 Å². The highest BCUT2D eigenvalue weighted by molar-refractivity contribution is 7.86. The van der Waals surface area contributed by atoms with Crippen LogP contribution in [0.25, 0.3) is 22.0 Å². The van der Waals surface area contributed by atoms with Crippen LogP contribution in [0.5, 0.6) is 0 Å². The zero-order valence-corrected chi connectivity index (χ0v) is 24.0. The van der Waals surface area contributed by atoms with Gasteiger partial charge in [-0.25, -0.2) is 4.79 Å². The highest BCUT2D eigenvalue weighted by atomic mass is 32.2. The molecule has 2 aromatic carbocycles. The first-order valence-electron chi connectivity index (χ1n) is 13.7. The number of nitrogens with one attached hydrogen (secondary N) is 1. The summed E-state index contributed by atoms with van der Waals surface area (Å²) in [5.74, 6) is -0.386. The molecule has 0 bridgehead atoms. The lowest BCUT2D eigenvalue weighted by Gasteiger charge is -2.13. The van der Waals surface area contributed by atoms with Crippen molar-refractivity contribution in [3.8, 4) is 11.1 Å². The van der Waals surface area contributed by atoms with Gasteiger partial charge in [-0.15, -0.1) is 0 Å². The predicted molar refractivity (Wildman–Crippen MR) is 158 cm³/mol. The van der Waals surface area contributed by atoms with E-state index < -0.39 is 10.1 Å². The van der Waals surface area contributed by atoms with Crippen LogP contribution in [0.2, 0.25) is 0 Å². The zero-order chi connectivity index (χ0) is 28.3. The molecule has 1 aliphatic heterocycles. The highest BCUT2D eigenvalue weighted by Gasteiger charge is 2.27. The van der Waals surface area contributed by atoms with Crippen LogP contribution in [-0.2, 0) is 43.3 Å². The quantitative estimate of drug-likeness (QED) is 0.152. The van der Waals surface area contributed by atoms with E-state index in [9.17, 15) is 13.2 Å². The number of aromatic nitrogens is 3. The first-order chi connectivity index (χ1) is 19.3. The zero-order valence-electron chi connectivity index (χ0n) is 23.2. The minimum absolute atomic E-state index is 0.